The van der Waals surface area contributed by atoms with Crippen LogP contribution in [0, 0.1) is 0 Å². The van der Waals surface area contributed by atoms with Crippen LogP contribution >= 0.6 is 11.6 Å². The summed E-state index contributed by atoms with van der Waals surface area (Å²) >= 11 is 6.14. The van der Waals surface area contributed by atoms with Gasteiger partial charge in [-0.3, -0.25) is 4.79 Å². The second-order valence-electron chi connectivity index (χ2n) is 7.08. The van der Waals surface area contributed by atoms with Crippen LogP contribution in [0.2, 0.25) is 5.02 Å². The maximum atomic E-state index is 12.3. The molecule has 2 atom stereocenters. The number of amides is 1. The number of fused-ring (bicyclic) bond motifs is 2. The van der Waals surface area contributed by atoms with Crippen LogP contribution in [-0.2, 0) is 4.74 Å². The summed E-state index contributed by atoms with van der Waals surface area (Å²) in [6.45, 7) is 6.70. The third-order valence-corrected chi connectivity index (χ3v) is 4.55. The lowest BCUT2D eigenvalue weighted by Gasteiger charge is -2.42. The van der Waals surface area contributed by atoms with Gasteiger partial charge in [-0.25, -0.2) is 9.89 Å². The van der Waals surface area contributed by atoms with Crippen LogP contribution in [-0.4, -0.2) is 52.0 Å². The summed E-state index contributed by atoms with van der Waals surface area (Å²) in [5.41, 5.74) is -0.252. The topological polar surface area (TPSA) is 78.5 Å². The molecule has 7 nitrogen and oxygen atoms in total. The number of nitrogens with zero attached hydrogens (tertiary/aromatic N) is 3. The standard InChI is InChI=1S/C15H21ClN4O3/c1-15(2,3)23-14(22)19-7-9-4-5-10(8-19)20(9)11-6-17-18-13(21)12(11)16/h6,9-10H,4-5,7-8H2,1-3H3,(H,18,21). The Kier molecular flexibility index (Phi) is 4.00. The molecular weight excluding hydrogens is 320 g/mol. The molecule has 3 rings (SSSR count). The fraction of sp³-hybridized carbons (Fsp3) is 0.667. The number of rotatable bonds is 1. The number of ether oxygens (including phenoxy) is 1. The summed E-state index contributed by atoms with van der Waals surface area (Å²) in [6.07, 6.45) is 3.20. The SMILES string of the molecule is CC(C)(C)OC(=O)N1CC2CCC(C1)N2c1cn[nH]c(=O)c1Cl. The Hall–Kier alpha value is -1.76. The predicted molar refractivity (Wildman–Crippen MR) is 87.0 cm³/mol. The van der Waals surface area contributed by atoms with Crippen LogP contribution in [0.1, 0.15) is 33.6 Å². The zero-order valence-electron chi connectivity index (χ0n) is 13.5. The molecule has 1 amide bonds. The second-order valence-corrected chi connectivity index (χ2v) is 7.45. The Balaban J connectivity index is 1.79. The molecule has 2 aliphatic rings. The number of aromatic nitrogens is 2. The molecule has 2 aliphatic heterocycles. The van der Waals surface area contributed by atoms with Gasteiger partial charge in [-0.15, -0.1) is 0 Å². The van der Waals surface area contributed by atoms with Gasteiger partial charge in [0.15, 0.2) is 0 Å². The Labute approximate surface area is 139 Å². The van der Waals surface area contributed by atoms with Crippen molar-refractivity contribution in [2.24, 2.45) is 0 Å². The number of hydrogen-bond donors (Lipinski definition) is 1. The number of carbonyl (C=O) groups excluding carboxylic acids is 1. The maximum Gasteiger partial charge on any atom is 0.410 e. The first-order chi connectivity index (χ1) is 10.8. The lowest BCUT2D eigenvalue weighted by Crippen LogP contribution is -2.56. The van der Waals surface area contributed by atoms with E-state index < -0.39 is 11.2 Å². The van der Waals surface area contributed by atoms with Gasteiger partial charge < -0.3 is 14.5 Å². The van der Waals surface area contributed by atoms with Crippen molar-refractivity contribution >= 4 is 23.4 Å². The summed E-state index contributed by atoms with van der Waals surface area (Å²) in [6, 6.07) is 0.254. The molecule has 2 saturated heterocycles. The molecular formula is C15H21ClN4O3. The molecule has 1 aromatic heterocycles. The predicted octanol–water partition coefficient (Wildman–Crippen LogP) is 2.01. The van der Waals surface area contributed by atoms with Crippen LogP contribution in [0.5, 0.6) is 0 Å². The van der Waals surface area contributed by atoms with E-state index in [4.69, 9.17) is 16.3 Å². The molecule has 2 unspecified atom stereocenters. The fourth-order valence-corrected chi connectivity index (χ4v) is 3.51. The quantitative estimate of drug-likeness (QED) is 0.846. The van der Waals surface area contributed by atoms with Crippen LogP contribution in [0.15, 0.2) is 11.0 Å². The van der Waals surface area contributed by atoms with E-state index in [1.54, 1.807) is 11.1 Å². The van der Waals surface area contributed by atoms with Gasteiger partial charge in [0.05, 0.1) is 11.9 Å². The van der Waals surface area contributed by atoms with E-state index in [-0.39, 0.29) is 23.2 Å². The first-order valence-electron chi connectivity index (χ1n) is 7.76. The third-order valence-electron chi connectivity index (χ3n) is 4.19. The molecule has 0 radical (unpaired) electrons. The average Bonchev–Trinajstić information content (AvgIpc) is 2.70. The number of nitrogens with one attached hydrogen (secondary N) is 1. The highest BCUT2D eigenvalue weighted by molar-refractivity contribution is 6.33. The Morgan fingerprint density at radius 1 is 1.35 bits per heavy atom. The van der Waals surface area contributed by atoms with Crippen molar-refractivity contribution < 1.29 is 9.53 Å². The van der Waals surface area contributed by atoms with E-state index in [9.17, 15) is 9.59 Å². The summed E-state index contributed by atoms with van der Waals surface area (Å²) < 4.78 is 5.46. The van der Waals surface area contributed by atoms with E-state index in [2.05, 4.69) is 15.1 Å². The number of halogens is 1. The first-order valence-corrected chi connectivity index (χ1v) is 8.13. The monoisotopic (exact) mass is 340 g/mol. The van der Waals surface area contributed by atoms with Gasteiger partial charge in [-0.1, -0.05) is 11.6 Å². The van der Waals surface area contributed by atoms with E-state index in [0.717, 1.165) is 12.8 Å². The number of aromatic amines is 1. The molecule has 8 heteroatoms. The minimum Gasteiger partial charge on any atom is -0.444 e. The number of H-pyrrole nitrogens is 1. The molecule has 2 fully saturated rings. The smallest absolute Gasteiger partial charge is 0.410 e. The summed E-state index contributed by atoms with van der Waals surface area (Å²) in [4.78, 5) is 27.9. The first kappa shape index (κ1) is 16.1. The Morgan fingerprint density at radius 3 is 2.52 bits per heavy atom. The van der Waals surface area contributed by atoms with Crippen molar-refractivity contribution in [3.63, 3.8) is 0 Å². The highest BCUT2D eigenvalue weighted by Crippen LogP contribution is 2.37. The molecule has 0 spiro atoms. The zero-order chi connectivity index (χ0) is 16.8. The van der Waals surface area contributed by atoms with Gasteiger partial charge in [0, 0.05) is 25.2 Å². The van der Waals surface area contributed by atoms with Gasteiger partial charge in [0.2, 0.25) is 0 Å². The van der Waals surface area contributed by atoms with Crippen molar-refractivity contribution in [1.29, 1.82) is 0 Å². The number of piperazine rings is 1. The minimum absolute atomic E-state index is 0.127. The van der Waals surface area contributed by atoms with Crippen molar-refractivity contribution in [3.05, 3.63) is 21.6 Å². The highest BCUT2D eigenvalue weighted by atomic mass is 35.5. The average molecular weight is 341 g/mol. The lowest BCUT2D eigenvalue weighted by molar-refractivity contribution is 0.0209. The van der Waals surface area contributed by atoms with E-state index in [1.807, 2.05) is 20.8 Å². The molecule has 0 aromatic carbocycles. The zero-order valence-corrected chi connectivity index (χ0v) is 14.3. The van der Waals surface area contributed by atoms with Crippen molar-refractivity contribution in [2.45, 2.75) is 51.3 Å². The van der Waals surface area contributed by atoms with Crippen LogP contribution in [0.3, 0.4) is 0 Å². The van der Waals surface area contributed by atoms with Crippen LogP contribution < -0.4 is 10.5 Å². The van der Waals surface area contributed by atoms with Gasteiger partial charge in [-0.05, 0) is 33.6 Å². The molecule has 0 saturated carbocycles. The van der Waals surface area contributed by atoms with Crippen LogP contribution in [0.4, 0.5) is 10.5 Å². The lowest BCUT2D eigenvalue weighted by atomic mass is 10.1. The normalized spacial score (nSPS) is 24.0. The van der Waals surface area contributed by atoms with Crippen molar-refractivity contribution in [2.75, 3.05) is 18.0 Å². The molecule has 126 valence electrons. The second kappa shape index (κ2) is 5.70. The largest absolute Gasteiger partial charge is 0.444 e. The van der Waals surface area contributed by atoms with Gasteiger partial charge in [0.25, 0.3) is 5.56 Å². The molecule has 23 heavy (non-hydrogen) atoms. The van der Waals surface area contributed by atoms with E-state index >= 15 is 0 Å². The summed E-state index contributed by atoms with van der Waals surface area (Å²) in [5, 5.41) is 6.34. The van der Waals surface area contributed by atoms with Crippen LogP contribution in [0.25, 0.3) is 0 Å². The van der Waals surface area contributed by atoms with Gasteiger partial charge in [0.1, 0.15) is 10.6 Å². The van der Waals surface area contributed by atoms with Crippen molar-refractivity contribution in [3.8, 4) is 0 Å². The van der Waals surface area contributed by atoms with E-state index in [1.165, 1.54) is 0 Å². The Morgan fingerprint density at radius 2 is 1.96 bits per heavy atom. The number of carbonyl (C=O) groups is 1. The highest BCUT2D eigenvalue weighted by Gasteiger charge is 2.43. The maximum absolute atomic E-state index is 12.3. The Bertz CT molecular complexity index is 655. The molecule has 3 heterocycles. The molecule has 2 bridgehead atoms. The minimum atomic E-state index is -0.507. The third kappa shape index (κ3) is 3.15. The summed E-state index contributed by atoms with van der Waals surface area (Å²) in [5.74, 6) is 0. The number of hydrogen-bond acceptors (Lipinski definition) is 5. The molecule has 1 N–H and O–H groups in total. The van der Waals surface area contributed by atoms with Gasteiger partial charge >= 0.3 is 6.09 Å². The fourth-order valence-electron chi connectivity index (χ4n) is 3.33. The van der Waals surface area contributed by atoms with Gasteiger partial charge in [-0.2, -0.15) is 5.10 Å². The number of anilines is 1. The van der Waals surface area contributed by atoms with E-state index in [0.29, 0.717) is 18.8 Å². The summed E-state index contributed by atoms with van der Waals surface area (Å²) in [7, 11) is 0. The number of likely N-dealkylation sites (tertiary alicyclic amines) is 1. The van der Waals surface area contributed by atoms with Crippen molar-refractivity contribution in [1.82, 2.24) is 15.1 Å². The molecule has 0 aliphatic carbocycles. The molecule has 1 aromatic rings.